The summed E-state index contributed by atoms with van der Waals surface area (Å²) in [6.45, 7) is 1.69. The summed E-state index contributed by atoms with van der Waals surface area (Å²) in [5.41, 5.74) is 1.53. The number of benzene rings is 2. The zero-order valence-corrected chi connectivity index (χ0v) is 10.4. The van der Waals surface area contributed by atoms with Gasteiger partial charge < -0.3 is 5.11 Å². The molecule has 0 bridgehead atoms. The molecule has 0 aliphatic carbocycles. The van der Waals surface area contributed by atoms with Crippen molar-refractivity contribution in [2.24, 2.45) is 0 Å². The molecule has 0 aromatic heterocycles. The van der Waals surface area contributed by atoms with Crippen LogP contribution in [0.15, 0.2) is 36.4 Å². The van der Waals surface area contributed by atoms with Crippen LogP contribution in [0.5, 0.6) is 0 Å². The van der Waals surface area contributed by atoms with E-state index in [2.05, 4.69) is 0 Å². The molecule has 18 heavy (non-hydrogen) atoms. The second-order valence-corrected chi connectivity index (χ2v) is 4.48. The molecule has 2 rings (SSSR count). The van der Waals surface area contributed by atoms with Gasteiger partial charge >= 0.3 is 0 Å². The van der Waals surface area contributed by atoms with E-state index in [0.717, 1.165) is 0 Å². The monoisotopic (exact) mass is 268 g/mol. The molecule has 1 atom stereocenters. The average Bonchev–Trinajstić information content (AvgIpc) is 2.32. The van der Waals surface area contributed by atoms with E-state index in [1.165, 1.54) is 30.3 Å². The first-order valence-electron chi connectivity index (χ1n) is 5.38. The summed E-state index contributed by atoms with van der Waals surface area (Å²) in [6.07, 6.45) is -1.00. The molecule has 1 unspecified atom stereocenters. The predicted molar refractivity (Wildman–Crippen MR) is 66.6 cm³/mol. The quantitative estimate of drug-likeness (QED) is 0.873. The van der Waals surface area contributed by atoms with Gasteiger partial charge in [-0.3, -0.25) is 0 Å². The van der Waals surface area contributed by atoms with Crippen molar-refractivity contribution in [2.75, 3.05) is 0 Å². The summed E-state index contributed by atoms with van der Waals surface area (Å²) >= 11 is 5.58. The molecule has 0 aliphatic rings. The Bertz CT molecular complexity index is 584. The molecule has 0 heterocycles. The Labute approximate surface area is 109 Å². The molecule has 0 saturated carbocycles. The molecule has 0 saturated heterocycles. The van der Waals surface area contributed by atoms with Crippen molar-refractivity contribution >= 4 is 11.6 Å². The summed E-state index contributed by atoms with van der Waals surface area (Å²) in [7, 11) is 0. The fourth-order valence-corrected chi connectivity index (χ4v) is 1.93. The van der Waals surface area contributed by atoms with Crippen LogP contribution in [-0.4, -0.2) is 5.11 Å². The minimum atomic E-state index is -1.00. The fourth-order valence-electron chi connectivity index (χ4n) is 1.81. The maximum Gasteiger partial charge on any atom is 0.142 e. The minimum absolute atomic E-state index is 0.00165. The average molecular weight is 269 g/mol. The van der Waals surface area contributed by atoms with E-state index in [0.29, 0.717) is 16.7 Å². The maximum atomic E-state index is 13.3. The SMILES string of the molecule is Cc1cc(F)ccc1C(O)c1ccc(Cl)c(F)c1. The Morgan fingerprint density at radius 3 is 2.44 bits per heavy atom. The Balaban J connectivity index is 2.41. The standard InChI is InChI=1S/C14H11ClF2O/c1-8-6-10(16)3-4-11(8)14(18)9-2-5-12(15)13(17)7-9/h2-7,14,18H,1H3. The topological polar surface area (TPSA) is 20.2 Å². The van der Waals surface area contributed by atoms with Gasteiger partial charge in [0.25, 0.3) is 0 Å². The molecule has 0 amide bonds. The van der Waals surface area contributed by atoms with Crippen molar-refractivity contribution in [1.29, 1.82) is 0 Å². The van der Waals surface area contributed by atoms with Crippen molar-refractivity contribution in [3.8, 4) is 0 Å². The highest BCUT2D eigenvalue weighted by Gasteiger charge is 2.14. The number of aliphatic hydroxyl groups is 1. The van der Waals surface area contributed by atoms with E-state index in [9.17, 15) is 13.9 Å². The van der Waals surface area contributed by atoms with Gasteiger partial charge in [0, 0.05) is 0 Å². The molecule has 1 nitrogen and oxygen atoms in total. The largest absolute Gasteiger partial charge is 0.384 e. The summed E-state index contributed by atoms with van der Waals surface area (Å²) < 4.78 is 26.3. The lowest BCUT2D eigenvalue weighted by atomic mass is 9.97. The molecular formula is C14H11ClF2O. The van der Waals surface area contributed by atoms with Crippen molar-refractivity contribution in [3.63, 3.8) is 0 Å². The molecule has 0 aliphatic heterocycles. The number of rotatable bonds is 2. The van der Waals surface area contributed by atoms with Crippen LogP contribution in [0.3, 0.4) is 0 Å². The number of hydrogen-bond donors (Lipinski definition) is 1. The normalized spacial score (nSPS) is 12.5. The Hall–Kier alpha value is -1.45. The molecule has 94 valence electrons. The second-order valence-electron chi connectivity index (χ2n) is 4.08. The van der Waals surface area contributed by atoms with Crippen LogP contribution in [0.2, 0.25) is 5.02 Å². The summed E-state index contributed by atoms with van der Waals surface area (Å²) in [5, 5.41) is 10.1. The maximum absolute atomic E-state index is 13.3. The number of aryl methyl sites for hydroxylation is 1. The molecule has 0 fully saturated rings. The van der Waals surface area contributed by atoms with E-state index in [1.54, 1.807) is 13.0 Å². The van der Waals surface area contributed by atoms with E-state index >= 15 is 0 Å². The van der Waals surface area contributed by atoms with E-state index in [-0.39, 0.29) is 10.8 Å². The highest BCUT2D eigenvalue weighted by atomic mass is 35.5. The van der Waals surface area contributed by atoms with Crippen LogP contribution >= 0.6 is 11.6 Å². The number of aliphatic hydroxyl groups excluding tert-OH is 1. The fraction of sp³-hybridized carbons (Fsp3) is 0.143. The van der Waals surface area contributed by atoms with Gasteiger partial charge in [-0.2, -0.15) is 0 Å². The van der Waals surface area contributed by atoms with Crippen molar-refractivity contribution in [3.05, 3.63) is 69.7 Å². The first kappa shape index (κ1) is 13.0. The second kappa shape index (κ2) is 5.04. The number of hydrogen-bond acceptors (Lipinski definition) is 1. The molecule has 4 heteroatoms. The Kier molecular flexibility index (Phi) is 3.64. The van der Waals surface area contributed by atoms with E-state index in [1.807, 2.05) is 0 Å². The van der Waals surface area contributed by atoms with Gasteiger partial charge in [-0.1, -0.05) is 23.7 Å². The van der Waals surface area contributed by atoms with Crippen molar-refractivity contribution in [1.82, 2.24) is 0 Å². The van der Waals surface area contributed by atoms with E-state index in [4.69, 9.17) is 11.6 Å². The third-order valence-corrected chi connectivity index (χ3v) is 3.09. The predicted octanol–water partition coefficient (Wildman–Crippen LogP) is 4.01. The molecule has 0 radical (unpaired) electrons. The van der Waals surface area contributed by atoms with Gasteiger partial charge in [0.2, 0.25) is 0 Å². The lowest BCUT2D eigenvalue weighted by Crippen LogP contribution is -2.03. The summed E-state index contributed by atoms with van der Waals surface area (Å²) in [6, 6.07) is 8.17. The van der Waals surface area contributed by atoms with Gasteiger partial charge in [0.1, 0.15) is 17.7 Å². The smallest absolute Gasteiger partial charge is 0.142 e. The van der Waals surface area contributed by atoms with Crippen LogP contribution in [0.25, 0.3) is 0 Å². The van der Waals surface area contributed by atoms with Gasteiger partial charge in [-0.15, -0.1) is 0 Å². The Morgan fingerprint density at radius 2 is 1.83 bits per heavy atom. The third kappa shape index (κ3) is 2.52. The van der Waals surface area contributed by atoms with Gasteiger partial charge in [0.05, 0.1) is 5.02 Å². The first-order chi connectivity index (χ1) is 8.49. The van der Waals surface area contributed by atoms with Crippen LogP contribution in [0.4, 0.5) is 8.78 Å². The van der Waals surface area contributed by atoms with Crippen LogP contribution in [-0.2, 0) is 0 Å². The van der Waals surface area contributed by atoms with Gasteiger partial charge in [0.15, 0.2) is 0 Å². The van der Waals surface area contributed by atoms with Crippen molar-refractivity contribution < 1.29 is 13.9 Å². The van der Waals surface area contributed by atoms with Gasteiger partial charge in [-0.25, -0.2) is 8.78 Å². The zero-order chi connectivity index (χ0) is 13.3. The van der Waals surface area contributed by atoms with Crippen LogP contribution < -0.4 is 0 Å². The molecule has 2 aromatic carbocycles. The minimum Gasteiger partial charge on any atom is -0.384 e. The highest BCUT2D eigenvalue weighted by molar-refractivity contribution is 6.30. The van der Waals surface area contributed by atoms with E-state index < -0.39 is 11.9 Å². The summed E-state index contributed by atoms with van der Waals surface area (Å²) in [5.74, 6) is -0.960. The molecular weight excluding hydrogens is 258 g/mol. The highest BCUT2D eigenvalue weighted by Crippen LogP contribution is 2.27. The lowest BCUT2D eigenvalue weighted by molar-refractivity contribution is 0.219. The third-order valence-electron chi connectivity index (χ3n) is 2.79. The van der Waals surface area contributed by atoms with Crippen LogP contribution in [0, 0.1) is 18.6 Å². The molecule has 0 spiro atoms. The molecule has 2 aromatic rings. The Morgan fingerprint density at radius 1 is 1.11 bits per heavy atom. The molecule has 1 N–H and O–H groups in total. The zero-order valence-electron chi connectivity index (χ0n) is 9.62. The van der Waals surface area contributed by atoms with Gasteiger partial charge in [-0.05, 0) is 47.9 Å². The first-order valence-corrected chi connectivity index (χ1v) is 5.76. The lowest BCUT2D eigenvalue weighted by Gasteiger charge is -2.14. The number of halogens is 3. The van der Waals surface area contributed by atoms with Crippen molar-refractivity contribution in [2.45, 2.75) is 13.0 Å². The summed E-state index contributed by atoms with van der Waals surface area (Å²) in [4.78, 5) is 0. The van der Waals surface area contributed by atoms with Crippen LogP contribution in [0.1, 0.15) is 22.8 Å².